The molecule has 1 aliphatic heterocycles. The summed E-state index contributed by atoms with van der Waals surface area (Å²) >= 11 is 0. The van der Waals surface area contributed by atoms with Crippen LogP contribution in [0.1, 0.15) is 18.4 Å². The van der Waals surface area contributed by atoms with Gasteiger partial charge < -0.3 is 15.4 Å². The summed E-state index contributed by atoms with van der Waals surface area (Å²) in [6.07, 6.45) is 2.40. The molecule has 0 bridgehead atoms. The summed E-state index contributed by atoms with van der Waals surface area (Å²) in [5.74, 6) is -1.99. The highest BCUT2D eigenvalue weighted by Gasteiger charge is 2.31. The molecule has 1 aromatic carbocycles. The van der Waals surface area contributed by atoms with Crippen molar-refractivity contribution in [3.8, 4) is 0 Å². The third-order valence-electron chi connectivity index (χ3n) is 4.64. The average Bonchev–Trinajstić information content (AvgIpc) is 2.97. The van der Waals surface area contributed by atoms with Crippen molar-refractivity contribution in [3.05, 3.63) is 36.0 Å². The predicted octanol–water partition coefficient (Wildman–Crippen LogP) is 1.10. The highest BCUT2D eigenvalue weighted by Crippen LogP contribution is 2.21. The summed E-state index contributed by atoms with van der Waals surface area (Å²) < 4.78 is 22.9. The Bertz CT molecular complexity index is 889. The molecule has 1 aromatic heterocycles. The van der Waals surface area contributed by atoms with Crippen molar-refractivity contribution in [2.45, 2.75) is 25.3 Å². The van der Waals surface area contributed by atoms with Crippen LogP contribution in [0.15, 0.2) is 30.5 Å². The Morgan fingerprint density at radius 1 is 1.24 bits per heavy atom. The number of carboxylic acids is 1. The smallest absolute Gasteiger partial charge is 0.326 e. The summed E-state index contributed by atoms with van der Waals surface area (Å²) in [7, 11) is -3.06. The molecule has 1 fully saturated rings. The number of carboxylic acid groups (broad SMARTS) is 1. The van der Waals surface area contributed by atoms with Crippen LogP contribution in [0.2, 0.25) is 0 Å². The Morgan fingerprint density at radius 3 is 2.60 bits per heavy atom. The van der Waals surface area contributed by atoms with Crippen molar-refractivity contribution in [2.24, 2.45) is 5.92 Å². The molecule has 8 heteroatoms. The first-order valence-corrected chi connectivity index (χ1v) is 9.96. The second-order valence-electron chi connectivity index (χ2n) is 6.39. The van der Waals surface area contributed by atoms with Crippen molar-refractivity contribution in [1.82, 2.24) is 10.3 Å². The number of aliphatic carboxylic acids is 1. The number of nitrogens with one attached hydrogen (secondary N) is 2. The first-order chi connectivity index (χ1) is 11.9. The van der Waals surface area contributed by atoms with Crippen LogP contribution in [0, 0.1) is 5.92 Å². The summed E-state index contributed by atoms with van der Waals surface area (Å²) in [6, 6.07) is 6.50. The molecule has 1 atom stereocenters. The van der Waals surface area contributed by atoms with E-state index in [0.29, 0.717) is 0 Å². The van der Waals surface area contributed by atoms with E-state index >= 15 is 0 Å². The zero-order valence-corrected chi connectivity index (χ0v) is 14.4. The van der Waals surface area contributed by atoms with Gasteiger partial charge in [-0.05, 0) is 24.5 Å². The van der Waals surface area contributed by atoms with Gasteiger partial charge in [0.25, 0.3) is 0 Å². The third-order valence-corrected chi connectivity index (χ3v) is 6.35. The number of aromatic nitrogens is 1. The molecule has 0 saturated carbocycles. The highest BCUT2D eigenvalue weighted by atomic mass is 32.2. The predicted molar refractivity (Wildman–Crippen MR) is 92.9 cm³/mol. The van der Waals surface area contributed by atoms with Crippen LogP contribution >= 0.6 is 0 Å². The number of aromatic amines is 1. The van der Waals surface area contributed by atoms with Crippen LogP contribution in [-0.4, -0.2) is 47.9 Å². The number of carbonyl (C=O) groups is 2. The van der Waals surface area contributed by atoms with Crippen LogP contribution in [0.4, 0.5) is 0 Å². The maximum absolute atomic E-state index is 12.3. The Morgan fingerprint density at radius 2 is 1.92 bits per heavy atom. The number of rotatable bonds is 5. The molecule has 3 N–H and O–H groups in total. The molecule has 3 rings (SSSR count). The van der Waals surface area contributed by atoms with E-state index < -0.39 is 27.8 Å². The Balaban J connectivity index is 1.69. The van der Waals surface area contributed by atoms with Gasteiger partial charge in [0, 0.05) is 29.4 Å². The maximum atomic E-state index is 12.3. The molecule has 2 aromatic rings. The lowest BCUT2D eigenvalue weighted by Crippen LogP contribution is -2.46. The van der Waals surface area contributed by atoms with Gasteiger partial charge in [0.05, 0.1) is 11.5 Å². The van der Waals surface area contributed by atoms with Crippen molar-refractivity contribution >= 4 is 32.6 Å². The fraction of sp³-hybridized carbons (Fsp3) is 0.412. The van der Waals surface area contributed by atoms with Gasteiger partial charge in [0.1, 0.15) is 15.9 Å². The molecule has 1 unspecified atom stereocenters. The number of benzene rings is 1. The average molecular weight is 364 g/mol. The lowest BCUT2D eigenvalue weighted by Gasteiger charge is -2.23. The second kappa shape index (κ2) is 6.87. The van der Waals surface area contributed by atoms with E-state index in [-0.39, 0.29) is 36.7 Å². The van der Waals surface area contributed by atoms with Crippen molar-refractivity contribution in [3.63, 3.8) is 0 Å². The molecule has 1 amide bonds. The number of amides is 1. The van der Waals surface area contributed by atoms with Gasteiger partial charge in [0.15, 0.2) is 0 Å². The van der Waals surface area contributed by atoms with Crippen LogP contribution in [0.25, 0.3) is 10.9 Å². The first-order valence-electron chi connectivity index (χ1n) is 8.14. The van der Waals surface area contributed by atoms with Gasteiger partial charge in [0.2, 0.25) is 5.91 Å². The first kappa shape index (κ1) is 17.5. The molecular formula is C17H20N2O5S. The number of H-pyrrole nitrogens is 1. The summed E-state index contributed by atoms with van der Waals surface area (Å²) in [5.41, 5.74) is 1.72. The molecule has 2 heterocycles. The molecule has 25 heavy (non-hydrogen) atoms. The summed E-state index contributed by atoms with van der Waals surface area (Å²) in [6.45, 7) is 0. The zero-order chi connectivity index (χ0) is 18.0. The molecule has 7 nitrogen and oxygen atoms in total. The monoisotopic (exact) mass is 364 g/mol. The largest absolute Gasteiger partial charge is 0.480 e. The number of sulfone groups is 1. The van der Waals surface area contributed by atoms with Crippen LogP contribution in [-0.2, 0) is 25.8 Å². The van der Waals surface area contributed by atoms with E-state index in [1.54, 1.807) is 6.20 Å². The highest BCUT2D eigenvalue weighted by molar-refractivity contribution is 7.91. The molecule has 134 valence electrons. The zero-order valence-electron chi connectivity index (χ0n) is 13.6. The van der Waals surface area contributed by atoms with Gasteiger partial charge >= 0.3 is 5.97 Å². The molecule has 0 aliphatic carbocycles. The van der Waals surface area contributed by atoms with E-state index in [9.17, 15) is 23.1 Å². The number of fused-ring (bicyclic) bond motifs is 1. The van der Waals surface area contributed by atoms with Crippen molar-refractivity contribution in [1.29, 1.82) is 0 Å². The Hall–Kier alpha value is -2.35. The standard InChI is InChI=1S/C17H20N2O5S/c20-16(11-5-7-25(23,24)8-6-11)19-15(17(21)22)9-12-10-18-14-4-2-1-3-13(12)14/h1-4,10-11,15,18H,5-9H2,(H,19,20)(H,21,22). The van der Waals surface area contributed by atoms with Crippen molar-refractivity contribution < 1.29 is 23.1 Å². The molecule has 1 aliphatic rings. The van der Waals surface area contributed by atoms with E-state index in [1.165, 1.54) is 0 Å². The van der Waals surface area contributed by atoms with Crippen LogP contribution < -0.4 is 5.32 Å². The maximum Gasteiger partial charge on any atom is 0.326 e. The second-order valence-corrected chi connectivity index (χ2v) is 8.69. The number of hydrogen-bond donors (Lipinski definition) is 3. The van der Waals surface area contributed by atoms with Crippen LogP contribution in [0.5, 0.6) is 0 Å². The van der Waals surface area contributed by atoms with E-state index in [1.807, 2.05) is 24.3 Å². The Labute approximate surface area is 145 Å². The topological polar surface area (TPSA) is 116 Å². The van der Waals surface area contributed by atoms with Gasteiger partial charge in [-0.1, -0.05) is 18.2 Å². The van der Waals surface area contributed by atoms with Gasteiger partial charge in [-0.25, -0.2) is 13.2 Å². The quantitative estimate of drug-likeness (QED) is 0.735. The minimum atomic E-state index is -3.06. The van der Waals surface area contributed by atoms with E-state index in [0.717, 1.165) is 16.5 Å². The molecular weight excluding hydrogens is 344 g/mol. The number of para-hydroxylation sites is 1. The normalized spacial score (nSPS) is 18.7. The minimum absolute atomic E-state index is 0.0225. The van der Waals surface area contributed by atoms with E-state index in [2.05, 4.69) is 10.3 Å². The third kappa shape index (κ3) is 4.01. The van der Waals surface area contributed by atoms with E-state index in [4.69, 9.17) is 0 Å². The molecule has 0 radical (unpaired) electrons. The lowest BCUT2D eigenvalue weighted by atomic mass is 10.00. The van der Waals surface area contributed by atoms with Gasteiger partial charge in [-0.15, -0.1) is 0 Å². The SMILES string of the molecule is O=C(NC(Cc1c[nH]c2ccccc12)C(=O)O)C1CCS(=O)(=O)CC1. The minimum Gasteiger partial charge on any atom is -0.480 e. The van der Waals surface area contributed by atoms with Gasteiger partial charge in [-0.2, -0.15) is 0 Å². The fourth-order valence-electron chi connectivity index (χ4n) is 3.16. The van der Waals surface area contributed by atoms with Crippen molar-refractivity contribution in [2.75, 3.05) is 11.5 Å². The summed E-state index contributed by atoms with van der Waals surface area (Å²) in [4.78, 5) is 27.0. The number of hydrogen-bond acceptors (Lipinski definition) is 4. The van der Waals surface area contributed by atoms with Crippen LogP contribution in [0.3, 0.4) is 0 Å². The molecule has 0 spiro atoms. The summed E-state index contributed by atoms with van der Waals surface area (Å²) in [5, 5.41) is 12.9. The van der Waals surface area contributed by atoms with Gasteiger partial charge in [-0.3, -0.25) is 4.79 Å². The fourth-order valence-corrected chi connectivity index (χ4v) is 4.65. The Kier molecular flexibility index (Phi) is 4.80. The number of carbonyl (C=O) groups excluding carboxylic acids is 1. The lowest BCUT2D eigenvalue weighted by molar-refractivity contribution is -0.142. The molecule has 1 saturated heterocycles.